The van der Waals surface area contributed by atoms with Crippen LogP contribution in [-0.4, -0.2) is 14.5 Å². The largest absolute Gasteiger partial charge is 0.383 e. The van der Waals surface area contributed by atoms with Crippen molar-refractivity contribution in [3.05, 3.63) is 60.0 Å². The molecule has 0 radical (unpaired) electrons. The number of pyridine rings is 2. The first-order chi connectivity index (χ1) is 11.1. The van der Waals surface area contributed by atoms with Gasteiger partial charge in [0.15, 0.2) is 0 Å². The Morgan fingerprint density at radius 3 is 2.70 bits per heavy atom. The van der Waals surface area contributed by atoms with E-state index in [1.54, 1.807) is 6.20 Å². The normalized spacial score (nSPS) is 10.7. The van der Waals surface area contributed by atoms with Gasteiger partial charge in [-0.15, -0.1) is 0 Å². The Kier molecular flexibility index (Phi) is 3.82. The van der Waals surface area contributed by atoms with Crippen molar-refractivity contribution >= 4 is 5.82 Å². The Bertz CT molecular complexity index is 872. The van der Waals surface area contributed by atoms with Crippen LogP contribution in [0.4, 0.5) is 5.82 Å². The Morgan fingerprint density at radius 1 is 1.22 bits per heavy atom. The fraction of sp³-hybridized carbons (Fsp3) is 0.167. The van der Waals surface area contributed by atoms with Crippen LogP contribution in [0.1, 0.15) is 31.0 Å². The van der Waals surface area contributed by atoms with Gasteiger partial charge in [-0.2, -0.15) is 5.26 Å². The molecule has 0 amide bonds. The van der Waals surface area contributed by atoms with Crippen LogP contribution in [0.3, 0.4) is 0 Å². The third-order valence-electron chi connectivity index (χ3n) is 3.69. The standard InChI is InChI=1S/C18H17N5/c1-12(2)15-10-13(14(11-19)18(20)22-15)16-6-5-9-23(16)17-7-3-4-8-21-17/h3-10,12H,1-2H3,(H2,20,22). The van der Waals surface area contributed by atoms with Gasteiger partial charge < -0.3 is 10.3 Å². The maximum absolute atomic E-state index is 9.49. The first kappa shape index (κ1) is 14.8. The van der Waals surface area contributed by atoms with Gasteiger partial charge >= 0.3 is 0 Å². The van der Waals surface area contributed by atoms with E-state index in [-0.39, 0.29) is 11.7 Å². The third kappa shape index (κ3) is 2.67. The molecule has 0 aromatic carbocycles. The zero-order valence-corrected chi connectivity index (χ0v) is 13.1. The van der Waals surface area contributed by atoms with Gasteiger partial charge in [-0.05, 0) is 36.2 Å². The zero-order valence-electron chi connectivity index (χ0n) is 13.1. The summed E-state index contributed by atoms with van der Waals surface area (Å²) in [6, 6.07) is 13.7. The van der Waals surface area contributed by atoms with Crippen LogP contribution in [0.25, 0.3) is 17.1 Å². The Hall–Kier alpha value is -3.13. The SMILES string of the molecule is CC(C)c1cc(-c2cccn2-c2ccccn2)c(C#N)c(N)n1. The number of nitriles is 1. The highest BCUT2D eigenvalue weighted by molar-refractivity contribution is 5.75. The molecule has 3 aromatic heterocycles. The van der Waals surface area contributed by atoms with Crippen molar-refractivity contribution in [3.63, 3.8) is 0 Å². The summed E-state index contributed by atoms with van der Waals surface area (Å²) in [5.41, 5.74) is 8.92. The van der Waals surface area contributed by atoms with E-state index in [1.165, 1.54) is 0 Å². The smallest absolute Gasteiger partial charge is 0.142 e. The van der Waals surface area contributed by atoms with E-state index in [0.29, 0.717) is 5.56 Å². The van der Waals surface area contributed by atoms with E-state index in [1.807, 2.05) is 47.2 Å². The third-order valence-corrected chi connectivity index (χ3v) is 3.69. The average Bonchev–Trinajstić information content (AvgIpc) is 3.04. The summed E-state index contributed by atoms with van der Waals surface area (Å²) in [7, 11) is 0. The molecule has 0 saturated carbocycles. The summed E-state index contributed by atoms with van der Waals surface area (Å²) in [4.78, 5) is 8.72. The highest BCUT2D eigenvalue weighted by Gasteiger charge is 2.17. The minimum Gasteiger partial charge on any atom is -0.383 e. The molecule has 0 saturated heterocycles. The molecule has 23 heavy (non-hydrogen) atoms. The average molecular weight is 303 g/mol. The van der Waals surface area contributed by atoms with Crippen LogP contribution in [-0.2, 0) is 0 Å². The highest BCUT2D eigenvalue weighted by atomic mass is 15.1. The lowest BCUT2D eigenvalue weighted by molar-refractivity contribution is 0.824. The van der Waals surface area contributed by atoms with Crippen molar-refractivity contribution in [1.82, 2.24) is 14.5 Å². The molecule has 5 nitrogen and oxygen atoms in total. The van der Waals surface area contributed by atoms with Gasteiger partial charge in [0.1, 0.15) is 23.3 Å². The topological polar surface area (TPSA) is 80.5 Å². The molecule has 3 heterocycles. The molecule has 114 valence electrons. The first-order valence-corrected chi connectivity index (χ1v) is 7.41. The molecule has 0 aliphatic carbocycles. The van der Waals surface area contributed by atoms with Gasteiger partial charge in [0.05, 0.1) is 5.69 Å². The van der Waals surface area contributed by atoms with Gasteiger partial charge in [-0.3, -0.25) is 0 Å². The fourth-order valence-electron chi connectivity index (χ4n) is 2.50. The zero-order chi connectivity index (χ0) is 16.4. The summed E-state index contributed by atoms with van der Waals surface area (Å²) in [5, 5.41) is 9.49. The van der Waals surface area contributed by atoms with E-state index >= 15 is 0 Å². The molecular formula is C18H17N5. The quantitative estimate of drug-likeness (QED) is 0.802. The number of rotatable bonds is 3. The number of hydrogen-bond acceptors (Lipinski definition) is 4. The molecule has 0 aliphatic rings. The summed E-state index contributed by atoms with van der Waals surface area (Å²) in [6.07, 6.45) is 3.66. The van der Waals surface area contributed by atoms with Crippen LogP contribution < -0.4 is 5.73 Å². The van der Waals surface area contributed by atoms with Crippen LogP contribution >= 0.6 is 0 Å². The molecule has 0 spiro atoms. The van der Waals surface area contributed by atoms with Crippen molar-refractivity contribution in [2.75, 3.05) is 5.73 Å². The van der Waals surface area contributed by atoms with E-state index in [4.69, 9.17) is 5.73 Å². The Morgan fingerprint density at radius 2 is 2.04 bits per heavy atom. The van der Waals surface area contributed by atoms with Crippen LogP contribution in [0, 0.1) is 11.3 Å². The van der Waals surface area contributed by atoms with Gasteiger partial charge in [0.25, 0.3) is 0 Å². The van der Waals surface area contributed by atoms with Crippen molar-refractivity contribution in [2.24, 2.45) is 0 Å². The number of aromatic nitrogens is 3. The maximum Gasteiger partial charge on any atom is 0.142 e. The number of nitrogen functional groups attached to an aromatic ring is 1. The second-order valence-corrected chi connectivity index (χ2v) is 5.57. The number of hydrogen-bond donors (Lipinski definition) is 1. The summed E-state index contributed by atoms with van der Waals surface area (Å²) in [6.45, 7) is 4.10. The second kappa shape index (κ2) is 5.93. The molecular weight excluding hydrogens is 286 g/mol. The molecule has 5 heteroatoms. The van der Waals surface area contributed by atoms with Crippen molar-refractivity contribution in [3.8, 4) is 23.1 Å². The predicted molar refractivity (Wildman–Crippen MR) is 90.0 cm³/mol. The number of anilines is 1. The molecule has 2 N–H and O–H groups in total. The monoisotopic (exact) mass is 303 g/mol. The summed E-state index contributed by atoms with van der Waals surface area (Å²) in [5.74, 6) is 1.28. The molecule has 0 bridgehead atoms. The Balaban J connectivity index is 2.24. The van der Waals surface area contributed by atoms with E-state index in [2.05, 4.69) is 29.9 Å². The van der Waals surface area contributed by atoms with Gasteiger partial charge in [0, 0.05) is 23.7 Å². The molecule has 0 fully saturated rings. The summed E-state index contributed by atoms with van der Waals surface area (Å²) < 4.78 is 1.94. The second-order valence-electron chi connectivity index (χ2n) is 5.57. The highest BCUT2D eigenvalue weighted by Crippen LogP contribution is 2.31. The van der Waals surface area contributed by atoms with E-state index < -0.39 is 0 Å². The molecule has 0 aliphatic heterocycles. The van der Waals surface area contributed by atoms with Crippen LogP contribution in [0.2, 0.25) is 0 Å². The lowest BCUT2D eigenvalue weighted by Crippen LogP contribution is -2.05. The van der Waals surface area contributed by atoms with Crippen molar-refractivity contribution in [2.45, 2.75) is 19.8 Å². The number of nitrogens with two attached hydrogens (primary N) is 1. The van der Waals surface area contributed by atoms with Gasteiger partial charge in [-0.1, -0.05) is 19.9 Å². The number of nitrogens with zero attached hydrogens (tertiary/aromatic N) is 4. The van der Waals surface area contributed by atoms with Crippen molar-refractivity contribution in [1.29, 1.82) is 5.26 Å². The van der Waals surface area contributed by atoms with Gasteiger partial charge in [-0.25, -0.2) is 9.97 Å². The molecule has 3 aromatic rings. The lowest BCUT2D eigenvalue weighted by Gasteiger charge is -2.14. The van der Waals surface area contributed by atoms with Crippen LogP contribution in [0.15, 0.2) is 48.8 Å². The first-order valence-electron chi connectivity index (χ1n) is 7.41. The van der Waals surface area contributed by atoms with Crippen molar-refractivity contribution < 1.29 is 0 Å². The maximum atomic E-state index is 9.49. The van der Waals surface area contributed by atoms with E-state index in [9.17, 15) is 5.26 Å². The minimum atomic E-state index is 0.224. The molecule has 0 unspecified atom stereocenters. The lowest BCUT2D eigenvalue weighted by atomic mass is 10.0. The molecule has 0 atom stereocenters. The minimum absolute atomic E-state index is 0.224. The Labute approximate surface area is 135 Å². The summed E-state index contributed by atoms with van der Waals surface area (Å²) >= 11 is 0. The predicted octanol–water partition coefficient (Wildman–Crippen LogP) is 3.51. The molecule has 3 rings (SSSR count). The van der Waals surface area contributed by atoms with Gasteiger partial charge in [0.2, 0.25) is 0 Å². The van der Waals surface area contributed by atoms with Crippen LogP contribution in [0.5, 0.6) is 0 Å². The fourth-order valence-corrected chi connectivity index (χ4v) is 2.50. The van der Waals surface area contributed by atoms with E-state index in [0.717, 1.165) is 22.8 Å².